The number of ether oxygens (including phenoxy) is 3. The number of carbonyl (C=O) groups is 1. The first-order valence-electron chi connectivity index (χ1n) is 10.1. The Hall–Kier alpha value is -1.66. The monoisotopic (exact) mass is 488 g/mol. The first-order valence-corrected chi connectivity index (χ1v) is 11.3. The second-order valence-electron chi connectivity index (χ2n) is 6.95. The Balaban J connectivity index is 2.17. The Kier molecular flexibility index (Phi) is 10.2. The van der Waals surface area contributed by atoms with E-state index in [9.17, 15) is 9.90 Å². The maximum atomic E-state index is 11.4. The molecule has 8 heteroatoms. The van der Waals surface area contributed by atoms with E-state index in [4.69, 9.17) is 49.0 Å². The van der Waals surface area contributed by atoms with Crippen molar-refractivity contribution in [3.8, 4) is 11.5 Å². The summed E-state index contributed by atoms with van der Waals surface area (Å²) < 4.78 is 15.7. The maximum absolute atomic E-state index is 11.4. The van der Waals surface area contributed by atoms with Gasteiger partial charge in [0.25, 0.3) is 0 Å². The molecule has 0 aliphatic carbocycles. The van der Waals surface area contributed by atoms with E-state index in [-0.39, 0.29) is 13.0 Å². The quantitative estimate of drug-likeness (QED) is 0.280. The van der Waals surface area contributed by atoms with Gasteiger partial charge in [0.2, 0.25) is 3.79 Å². The van der Waals surface area contributed by atoms with Crippen molar-refractivity contribution in [3.05, 3.63) is 59.2 Å². The van der Waals surface area contributed by atoms with Gasteiger partial charge in [0.1, 0.15) is 6.61 Å². The summed E-state index contributed by atoms with van der Waals surface area (Å²) in [7, 11) is 0. The Labute approximate surface area is 198 Å². The van der Waals surface area contributed by atoms with Crippen molar-refractivity contribution in [2.24, 2.45) is 0 Å². The summed E-state index contributed by atoms with van der Waals surface area (Å²) in [4.78, 5) is 11.4. The van der Waals surface area contributed by atoms with Gasteiger partial charge in [-0.2, -0.15) is 0 Å². The summed E-state index contributed by atoms with van der Waals surface area (Å²) >= 11 is 17.7. The SMILES string of the molecule is CCCCOc1ccc(CC(OCC)C(=O)O)cc1OCc1ccc(C(Cl)(Cl)Cl)cc1. The molecule has 0 saturated carbocycles. The van der Waals surface area contributed by atoms with Crippen LogP contribution in [0.3, 0.4) is 0 Å². The summed E-state index contributed by atoms with van der Waals surface area (Å²) in [5, 5.41) is 9.36. The van der Waals surface area contributed by atoms with E-state index in [0.717, 1.165) is 24.0 Å². The highest BCUT2D eigenvalue weighted by Crippen LogP contribution is 2.38. The first-order chi connectivity index (χ1) is 14.7. The van der Waals surface area contributed by atoms with Crippen LogP contribution >= 0.6 is 34.8 Å². The third kappa shape index (κ3) is 8.41. The van der Waals surface area contributed by atoms with E-state index in [1.165, 1.54) is 0 Å². The highest BCUT2D eigenvalue weighted by Gasteiger charge is 2.22. The second kappa shape index (κ2) is 12.4. The van der Waals surface area contributed by atoms with Gasteiger partial charge in [-0.1, -0.05) is 78.5 Å². The Bertz CT molecular complexity index is 834. The minimum atomic E-state index is -1.48. The molecule has 1 unspecified atom stereocenters. The third-order valence-corrected chi connectivity index (χ3v) is 5.16. The second-order valence-corrected chi connectivity index (χ2v) is 9.23. The van der Waals surface area contributed by atoms with Gasteiger partial charge in [0.15, 0.2) is 17.6 Å². The lowest BCUT2D eigenvalue weighted by Crippen LogP contribution is -2.26. The maximum Gasteiger partial charge on any atom is 0.333 e. The Morgan fingerprint density at radius 2 is 1.68 bits per heavy atom. The summed E-state index contributed by atoms with van der Waals surface area (Å²) in [6, 6.07) is 12.6. The molecule has 0 aliphatic heterocycles. The zero-order valence-corrected chi connectivity index (χ0v) is 19.8. The molecule has 5 nitrogen and oxygen atoms in total. The zero-order valence-electron chi connectivity index (χ0n) is 17.6. The molecule has 0 aliphatic rings. The first kappa shape index (κ1) is 25.6. The average Bonchev–Trinajstić information content (AvgIpc) is 2.73. The molecular formula is C23H27Cl3O5. The summed E-state index contributed by atoms with van der Waals surface area (Å²) in [6.07, 6.45) is 1.25. The largest absolute Gasteiger partial charge is 0.490 e. The highest BCUT2D eigenvalue weighted by atomic mass is 35.6. The van der Waals surface area contributed by atoms with Crippen LogP contribution in [0, 0.1) is 0 Å². The predicted octanol–water partition coefficient (Wildman–Crippen LogP) is 6.30. The number of halogens is 3. The molecule has 31 heavy (non-hydrogen) atoms. The van der Waals surface area contributed by atoms with Crippen molar-refractivity contribution < 1.29 is 24.1 Å². The Morgan fingerprint density at radius 1 is 1.00 bits per heavy atom. The molecule has 0 fully saturated rings. The van der Waals surface area contributed by atoms with Crippen molar-refractivity contribution in [1.82, 2.24) is 0 Å². The average molecular weight is 490 g/mol. The number of hydrogen-bond donors (Lipinski definition) is 1. The van der Waals surface area contributed by atoms with E-state index in [1.807, 2.05) is 18.2 Å². The molecule has 2 rings (SSSR count). The molecular weight excluding hydrogens is 463 g/mol. The number of carboxylic acids is 1. The van der Waals surface area contributed by atoms with Crippen LogP contribution in [0.5, 0.6) is 11.5 Å². The van der Waals surface area contributed by atoms with E-state index in [1.54, 1.807) is 31.2 Å². The molecule has 0 aromatic heterocycles. The fraction of sp³-hybridized carbons (Fsp3) is 0.435. The van der Waals surface area contributed by atoms with Crippen molar-refractivity contribution in [3.63, 3.8) is 0 Å². The lowest BCUT2D eigenvalue weighted by molar-refractivity contribution is -0.149. The van der Waals surface area contributed by atoms with Crippen LogP contribution in [-0.4, -0.2) is 30.4 Å². The molecule has 1 N–H and O–H groups in total. The Morgan fingerprint density at radius 3 is 2.26 bits per heavy atom. The molecule has 0 saturated heterocycles. The van der Waals surface area contributed by atoms with Crippen molar-refractivity contribution in [2.45, 2.75) is 49.6 Å². The highest BCUT2D eigenvalue weighted by molar-refractivity contribution is 6.66. The fourth-order valence-electron chi connectivity index (χ4n) is 2.82. The number of hydrogen-bond acceptors (Lipinski definition) is 4. The number of alkyl halides is 3. The zero-order chi connectivity index (χ0) is 22.9. The van der Waals surface area contributed by atoms with Gasteiger partial charge < -0.3 is 19.3 Å². The fourth-order valence-corrected chi connectivity index (χ4v) is 3.20. The van der Waals surface area contributed by atoms with Gasteiger partial charge in [-0.05, 0) is 36.6 Å². The molecule has 0 bridgehead atoms. The summed E-state index contributed by atoms with van der Waals surface area (Å²) in [5.41, 5.74) is 2.24. The van der Waals surface area contributed by atoms with Crippen LogP contribution in [0.15, 0.2) is 42.5 Å². The van der Waals surface area contributed by atoms with Crippen LogP contribution in [-0.2, 0) is 26.4 Å². The van der Waals surface area contributed by atoms with E-state index < -0.39 is 15.9 Å². The lowest BCUT2D eigenvalue weighted by Gasteiger charge is -2.17. The van der Waals surface area contributed by atoms with Crippen molar-refractivity contribution in [2.75, 3.05) is 13.2 Å². The van der Waals surface area contributed by atoms with Gasteiger partial charge in [0.05, 0.1) is 6.61 Å². The number of aliphatic carboxylic acids is 1. The standard InChI is InChI=1S/C23H27Cl3O5/c1-3-5-12-30-19-11-8-17(14-21(22(27)28)29-4-2)13-20(19)31-15-16-6-9-18(10-7-16)23(24,25)26/h6-11,13,21H,3-5,12,14-15H2,1-2H3,(H,27,28). The molecule has 0 heterocycles. The minimum Gasteiger partial charge on any atom is -0.490 e. The topological polar surface area (TPSA) is 65.0 Å². The van der Waals surface area contributed by atoms with E-state index in [2.05, 4.69) is 6.92 Å². The molecule has 2 aromatic rings. The van der Waals surface area contributed by atoms with Gasteiger partial charge in [-0.3, -0.25) is 0 Å². The number of rotatable bonds is 12. The summed E-state index contributed by atoms with van der Waals surface area (Å²) in [5.74, 6) is 0.153. The van der Waals surface area contributed by atoms with Crippen LogP contribution in [0.2, 0.25) is 0 Å². The van der Waals surface area contributed by atoms with Gasteiger partial charge in [0, 0.05) is 18.6 Å². The van der Waals surface area contributed by atoms with Gasteiger partial charge in [-0.15, -0.1) is 0 Å². The van der Waals surface area contributed by atoms with Crippen LogP contribution < -0.4 is 9.47 Å². The molecule has 0 radical (unpaired) electrons. The third-order valence-electron chi connectivity index (χ3n) is 4.50. The van der Waals surface area contributed by atoms with Crippen LogP contribution in [0.4, 0.5) is 0 Å². The van der Waals surface area contributed by atoms with E-state index >= 15 is 0 Å². The molecule has 170 valence electrons. The number of unbranched alkanes of at least 4 members (excludes halogenated alkanes) is 1. The summed E-state index contributed by atoms with van der Waals surface area (Å²) in [6.45, 7) is 5.03. The van der Waals surface area contributed by atoms with Gasteiger partial charge in [-0.25, -0.2) is 4.79 Å². The van der Waals surface area contributed by atoms with Crippen LogP contribution in [0.25, 0.3) is 0 Å². The van der Waals surface area contributed by atoms with Crippen molar-refractivity contribution >= 4 is 40.8 Å². The lowest BCUT2D eigenvalue weighted by atomic mass is 10.1. The van der Waals surface area contributed by atoms with Crippen molar-refractivity contribution in [1.29, 1.82) is 0 Å². The smallest absolute Gasteiger partial charge is 0.333 e. The van der Waals surface area contributed by atoms with Gasteiger partial charge >= 0.3 is 5.97 Å². The minimum absolute atomic E-state index is 0.229. The molecule has 0 spiro atoms. The number of carboxylic acid groups (broad SMARTS) is 1. The molecule has 2 aromatic carbocycles. The molecule has 0 amide bonds. The normalized spacial score (nSPS) is 12.4. The predicted molar refractivity (Wildman–Crippen MR) is 124 cm³/mol. The van der Waals surface area contributed by atoms with E-state index in [0.29, 0.717) is 30.3 Å². The number of benzene rings is 2. The van der Waals surface area contributed by atoms with Crippen LogP contribution in [0.1, 0.15) is 43.4 Å². The molecule has 1 atom stereocenters.